The van der Waals surface area contributed by atoms with Crippen molar-refractivity contribution < 1.29 is 9.53 Å². The first-order valence-corrected chi connectivity index (χ1v) is 10.0. The quantitative estimate of drug-likeness (QED) is 0.344. The summed E-state index contributed by atoms with van der Waals surface area (Å²) in [6, 6.07) is 0.971. The number of rotatable bonds is 4. The second-order valence-corrected chi connectivity index (χ2v) is 12.4. The molecular weight excluding hydrogens is 284 g/mol. The Morgan fingerprint density at radius 3 is 2.38 bits per heavy atom. The number of hydrogen-bond donors (Lipinski definition) is 0. The van der Waals surface area contributed by atoms with Gasteiger partial charge in [-0.05, 0) is 13.8 Å². The summed E-state index contributed by atoms with van der Waals surface area (Å²) in [7, 11) is -1.10. The molecule has 0 aromatic heterocycles. The van der Waals surface area contributed by atoms with E-state index in [2.05, 4.69) is 47.4 Å². The molecular formula is C12H21BrO2Si. The molecule has 0 saturated heterocycles. The van der Waals surface area contributed by atoms with Crippen LogP contribution < -0.4 is 0 Å². The molecule has 16 heavy (non-hydrogen) atoms. The summed E-state index contributed by atoms with van der Waals surface area (Å²) in [5.74, 6) is 5.97. The number of hydrogen-bond acceptors (Lipinski definition) is 2. The fraction of sp³-hybridized carbons (Fsp3) is 0.750. The van der Waals surface area contributed by atoms with Crippen LogP contribution in [0.5, 0.6) is 0 Å². The van der Waals surface area contributed by atoms with E-state index in [0.29, 0.717) is 13.0 Å². The summed E-state index contributed by atoms with van der Waals surface area (Å²) < 4.78 is 4.29. The zero-order valence-corrected chi connectivity index (χ0v) is 13.4. The predicted molar refractivity (Wildman–Crippen MR) is 74.5 cm³/mol. The predicted octanol–water partition coefficient (Wildman–Crippen LogP) is 3.43. The van der Waals surface area contributed by atoms with E-state index in [1.807, 2.05) is 0 Å². The Balaban J connectivity index is 4.23. The Morgan fingerprint density at radius 1 is 1.38 bits per heavy atom. The average Bonchev–Trinajstić information content (AvgIpc) is 2.11. The summed E-state index contributed by atoms with van der Waals surface area (Å²) in [4.78, 5) is 11.5. The zero-order valence-electron chi connectivity index (χ0n) is 10.8. The monoisotopic (exact) mass is 304 g/mol. The maximum absolute atomic E-state index is 11.5. The molecule has 0 aromatic carbocycles. The van der Waals surface area contributed by atoms with Gasteiger partial charge in [0.25, 0.3) is 0 Å². The minimum Gasteiger partial charge on any atom is -0.465 e. The van der Waals surface area contributed by atoms with E-state index in [1.54, 1.807) is 13.8 Å². The van der Waals surface area contributed by atoms with Gasteiger partial charge in [-0.1, -0.05) is 35.6 Å². The molecule has 0 bridgehead atoms. The van der Waals surface area contributed by atoms with E-state index in [0.717, 1.165) is 6.04 Å². The van der Waals surface area contributed by atoms with Gasteiger partial charge in [0.2, 0.25) is 0 Å². The lowest BCUT2D eigenvalue weighted by Gasteiger charge is -2.17. The Kier molecular flexibility index (Phi) is 6.35. The highest BCUT2D eigenvalue weighted by Crippen LogP contribution is 2.23. The molecule has 0 heterocycles. The van der Waals surface area contributed by atoms with Gasteiger partial charge in [0.15, 0.2) is 0 Å². The van der Waals surface area contributed by atoms with E-state index in [4.69, 9.17) is 4.74 Å². The molecule has 0 N–H and O–H groups in total. The molecule has 0 aromatic rings. The SMILES string of the molecule is CCOC(=O)C(C)(Br)CC#CC[Si](C)(C)C. The van der Waals surface area contributed by atoms with Crippen LogP contribution in [0.15, 0.2) is 0 Å². The first-order chi connectivity index (χ1) is 7.19. The van der Waals surface area contributed by atoms with Crippen LogP contribution in [0, 0.1) is 11.8 Å². The van der Waals surface area contributed by atoms with Crippen LogP contribution in [0.3, 0.4) is 0 Å². The third-order valence-electron chi connectivity index (χ3n) is 1.87. The van der Waals surface area contributed by atoms with Gasteiger partial charge in [0, 0.05) is 12.5 Å². The molecule has 0 fully saturated rings. The minimum atomic E-state index is -1.10. The summed E-state index contributed by atoms with van der Waals surface area (Å²) in [6.07, 6.45) is 0.496. The topological polar surface area (TPSA) is 26.3 Å². The fourth-order valence-corrected chi connectivity index (χ4v) is 1.82. The highest BCUT2D eigenvalue weighted by Gasteiger charge is 2.30. The largest absolute Gasteiger partial charge is 0.465 e. The van der Waals surface area contributed by atoms with E-state index in [9.17, 15) is 4.79 Å². The second-order valence-electron chi connectivity index (χ2n) is 5.19. The normalized spacial score (nSPS) is 14.6. The standard InChI is InChI=1S/C12H21BrO2Si/c1-6-15-11(14)12(2,13)9-7-8-10-16(3,4)5/h6,9-10H2,1-5H3. The Morgan fingerprint density at radius 2 is 1.94 bits per heavy atom. The molecule has 4 heteroatoms. The van der Waals surface area contributed by atoms with Gasteiger partial charge in [0.1, 0.15) is 4.32 Å². The number of carbonyl (C=O) groups excluding carboxylic acids is 1. The Bertz CT molecular complexity index is 294. The zero-order chi connectivity index (χ0) is 12.8. The van der Waals surface area contributed by atoms with Gasteiger partial charge >= 0.3 is 5.97 Å². The number of ether oxygens (including phenoxy) is 1. The van der Waals surface area contributed by atoms with Gasteiger partial charge in [-0.25, -0.2) is 0 Å². The molecule has 92 valence electrons. The van der Waals surface area contributed by atoms with Gasteiger partial charge in [-0.2, -0.15) is 0 Å². The first kappa shape index (κ1) is 15.7. The van der Waals surface area contributed by atoms with E-state index in [1.165, 1.54) is 0 Å². The van der Waals surface area contributed by atoms with Crippen LogP contribution in [-0.2, 0) is 9.53 Å². The van der Waals surface area contributed by atoms with Crippen molar-refractivity contribution in [2.45, 2.75) is 50.3 Å². The molecule has 0 aliphatic heterocycles. The average molecular weight is 305 g/mol. The molecule has 0 aliphatic rings. The molecule has 0 rings (SSSR count). The lowest BCUT2D eigenvalue weighted by molar-refractivity contribution is -0.145. The van der Waals surface area contributed by atoms with Crippen LogP contribution >= 0.6 is 15.9 Å². The summed E-state index contributed by atoms with van der Waals surface area (Å²) in [6.45, 7) is 10.8. The number of halogens is 1. The first-order valence-electron chi connectivity index (χ1n) is 5.51. The van der Waals surface area contributed by atoms with Crippen molar-refractivity contribution in [2.24, 2.45) is 0 Å². The van der Waals surface area contributed by atoms with E-state index in [-0.39, 0.29) is 5.97 Å². The minimum absolute atomic E-state index is 0.239. The summed E-state index contributed by atoms with van der Waals surface area (Å²) in [5, 5.41) is 0. The van der Waals surface area contributed by atoms with Crippen molar-refractivity contribution in [2.75, 3.05) is 6.61 Å². The molecule has 0 saturated carbocycles. The van der Waals surface area contributed by atoms with Crippen LogP contribution in [0.1, 0.15) is 20.3 Å². The van der Waals surface area contributed by atoms with E-state index < -0.39 is 12.4 Å². The maximum Gasteiger partial charge on any atom is 0.323 e. The molecule has 0 spiro atoms. The second kappa shape index (κ2) is 6.46. The third-order valence-corrected chi connectivity index (χ3v) is 3.71. The molecule has 2 nitrogen and oxygen atoms in total. The van der Waals surface area contributed by atoms with E-state index >= 15 is 0 Å². The lowest BCUT2D eigenvalue weighted by atomic mass is 10.1. The highest BCUT2D eigenvalue weighted by atomic mass is 79.9. The van der Waals surface area contributed by atoms with Gasteiger partial charge in [0.05, 0.1) is 14.7 Å². The van der Waals surface area contributed by atoms with Gasteiger partial charge in [-0.15, -0.1) is 11.8 Å². The van der Waals surface area contributed by atoms with Crippen molar-refractivity contribution in [1.82, 2.24) is 0 Å². The number of alkyl halides is 1. The van der Waals surface area contributed by atoms with Crippen LogP contribution in [0.4, 0.5) is 0 Å². The smallest absolute Gasteiger partial charge is 0.323 e. The van der Waals surface area contributed by atoms with Crippen LogP contribution in [-0.4, -0.2) is 25.0 Å². The van der Waals surface area contributed by atoms with Crippen LogP contribution in [0.2, 0.25) is 25.7 Å². The van der Waals surface area contributed by atoms with Gasteiger partial charge in [-0.3, -0.25) is 4.79 Å². The molecule has 0 amide bonds. The Labute approximate surface area is 108 Å². The third kappa shape index (κ3) is 7.08. The summed E-state index contributed by atoms with van der Waals surface area (Å²) >= 11 is 3.36. The molecule has 1 unspecified atom stereocenters. The van der Waals surface area contributed by atoms with Crippen molar-refractivity contribution >= 4 is 30.0 Å². The lowest BCUT2D eigenvalue weighted by Crippen LogP contribution is -2.30. The summed E-state index contributed by atoms with van der Waals surface area (Å²) in [5.41, 5.74) is 0. The molecule has 0 radical (unpaired) electrons. The maximum atomic E-state index is 11.5. The Hall–Kier alpha value is -0.273. The molecule has 0 aliphatic carbocycles. The number of carbonyl (C=O) groups is 1. The van der Waals surface area contributed by atoms with Crippen molar-refractivity contribution in [3.8, 4) is 11.8 Å². The van der Waals surface area contributed by atoms with Crippen molar-refractivity contribution in [1.29, 1.82) is 0 Å². The number of esters is 1. The van der Waals surface area contributed by atoms with Crippen molar-refractivity contribution in [3.63, 3.8) is 0 Å². The van der Waals surface area contributed by atoms with Gasteiger partial charge < -0.3 is 4.74 Å². The highest BCUT2D eigenvalue weighted by molar-refractivity contribution is 9.10. The van der Waals surface area contributed by atoms with Crippen LogP contribution in [0.25, 0.3) is 0 Å². The molecule has 1 atom stereocenters. The van der Waals surface area contributed by atoms with Crippen molar-refractivity contribution in [3.05, 3.63) is 0 Å². The fourth-order valence-electron chi connectivity index (χ4n) is 0.910.